The maximum absolute atomic E-state index is 5.29. The minimum atomic E-state index is 0.514. The molecule has 0 saturated carbocycles. The molecule has 88 valence electrons. The van der Waals surface area contributed by atoms with E-state index < -0.39 is 0 Å². The first-order chi connectivity index (χ1) is 8.40. The molecular formula is C16H19N. The second-order valence-electron chi connectivity index (χ2n) is 4.54. The van der Waals surface area contributed by atoms with Crippen LogP contribution in [0, 0.1) is 12.3 Å². The SMILES string of the molecule is C#C/C=C\C1CCCCN1Cc1ccccc1. The number of rotatable bonds is 3. The van der Waals surface area contributed by atoms with Gasteiger partial charge in [-0.1, -0.05) is 48.7 Å². The Labute approximate surface area is 104 Å². The highest BCUT2D eigenvalue weighted by molar-refractivity contribution is 5.16. The normalized spacial score (nSPS) is 21.5. The third-order valence-electron chi connectivity index (χ3n) is 3.31. The Morgan fingerprint density at radius 2 is 2.12 bits per heavy atom. The minimum absolute atomic E-state index is 0.514. The summed E-state index contributed by atoms with van der Waals surface area (Å²) in [4.78, 5) is 2.52. The van der Waals surface area contributed by atoms with Gasteiger partial charge in [0.1, 0.15) is 0 Å². The number of hydrogen-bond acceptors (Lipinski definition) is 1. The van der Waals surface area contributed by atoms with Crippen molar-refractivity contribution in [1.29, 1.82) is 0 Å². The number of benzene rings is 1. The van der Waals surface area contributed by atoms with Crippen molar-refractivity contribution in [3.05, 3.63) is 48.0 Å². The molecule has 1 aliphatic rings. The quantitative estimate of drug-likeness (QED) is 0.714. The average Bonchev–Trinajstić information content (AvgIpc) is 2.39. The van der Waals surface area contributed by atoms with Gasteiger partial charge in [-0.25, -0.2) is 0 Å². The summed E-state index contributed by atoms with van der Waals surface area (Å²) in [7, 11) is 0. The zero-order valence-corrected chi connectivity index (χ0v) is 10.2. The molecule has 17 heavy (non-hydrogen) atoms. The second kappa shape index (κ2) is 6.27. The van der Waals surface area contributed by atoms with Gasteiger partial charge >= 0.3 is 0 Å². The van der Waals surface area contributed by atoms with Gasteiger partial charge in [0, 0.05) is 12.6 Å². The van der Waals surface area contributed by atoms with Crippen LogP contribution < -0.4 is 0 Å². The predicted octanol–water partition coefficient (Wildman–Crippen LogP) is 3.23. The van der Waals surface area contributed by atoms with E-state index in [0.717, 1.165) is 6.54 Å². The van der Waals surface area contributed by atoms with Gasteiger partial charge in [-0.05, 0) is 31.0 Å². The number of terminal acetylenes is 1. The molecule has 1 heterocycles. The molecule has 1 aliphatic heterocycles. The van der Waals surface area contributed by atoms with E-state index in [2.05, 4.69) is 47.2 Å². The van der Waals surface area contributed by atoms with Gasteiger partial charge in [-0.15, -0.1) is 6.42 Å². The summed E-state index contributed by atoms with van der Waals surface area (Å²) >= 11 is 0. The summed E-state index contributed by atoms with van der Waals surface area (Å²) in [6.07, 6.45) is 13.1. The summed E-state index contributed by atoms with van der Waals surface area (Å²) in [5, 5.41) is 0. The second-order valence-corrected chi connectivity index (χ2v) is 4.54. The molecular weight excluding hydrogens is 206 g/mol. The Kier molecular flexibility index (Phi) is 4.41. The molecule has 1 nitrogen and oxygen atoms in total. The molecule has 1 aromatic rings. The van der Waals surface area contributed by atoms with Crippen LogP contribution in [0.25, 0.3) is 0 Å². The van der Waals surface area contributed by atoms with E-state index in [-0.39, 0.29) is 0 Å². The molecule has 1 saturated heterocycles. The molecule has 1 fully saturated rings. The minimum Gasteiger partial charge on any atom is -0.293 e. The fraction of sp³-hybridized carbons (Fsp3) is 0.375. The van der Waals surface area contributed by atoms with Crippen molar-refractivity contribution >= 4 is 0 Å². The Morgan fingerprint density at radius 3 is 2.88 bits per heavy atom. The fourth-order valence-electron chi connectivity index (χ4n) is 2.42. The van der Waals surface area contributed by atoms with Crippen LogP contribution >= 0.6 is 0 Å². The lowest BCUT2D eigenvalue weighted by Crippen LogP contribution is -2.37. The van der Waals surface area contributed by atoms with Crippen LogP contribution in [-0.4, -0.2) is 17.5 Å². The maximum Gasteiger partial charge on any atom is 0.0290 e. The lowest BCUT2D eigenvalue weighted by molar-refractivity contribution is 0.172. The first-order valence-electron chi connectivity index (χ1n) is 6.31. The van der Waals surface area contributed by atoms with Gasteiger partial charge in [0.25, 0.3) is 0 Å². The van der Waals surface area contributed by atoms with Crippen molar-refractivity contribution in [2.75, 3.05) is 6.54 Å². The van der Waals surface area contributed by atoms with Crippen LogP contribution in [0.3, 0.4) is 0 Å². The molecule has 0 aliphatic carbocycles. The lowest BCUT2D eigenvalue weighted by atomic mass is 10.0. The molecule has 0 N–H and O–H groups in total. The molecule has 1 heteroatoms. The van der Waals surface area contributed by atoms with Gasteiger partial charge < -0.3 is 0 Å². The van der Waals surface area contributed by atoms with Crippen molar-refractivity contribution in [3.63, 3.8) is 0 Å². The van der Waals surface area contributed by atoms with E-state index in [4.69, 9.17) is 6.42 Å². The number of piperidine rings is 1. The number of allylic oxidation sites excluding steroid dienone is 1. The predicted molar refractivity (Wildman–Crippen MR) is 72.5 cm³/mol. The van der Waals surface area contributed by atoms with Crippen molar-refractivity contribution in [2.24, 2.45) is 0 Å². The Bertz CT molecular complexity index is 399. The molecule has 0 aromatic heterocycles. The molecule has 1 aromatic carbocycles. The molecule has 0 spiro atoms. The van der Waals surface area contributed by atoms with Gasteiger partial charge in [-0.3, -0.25) is 4.90 Å². The van der Waals surface area contributed by atoms with Crippen LogP contribution in [0.5, 0.6) is 0 Å². The van der Waals surface area contributed by atoms with Gasteiger partial charge in [0.15, 0.2) is 0 Å². The third-order valence-corrected chi connectivity index (χ3v) is 3.31. The molecule has 0 amide bonds. The Hall–Kier alpha value is -1.52. The standard InChI is InChI=1S/C16H19N/c1-2-3-11-16-12-7-8-13-17(16)14-15-9-5-4-6-10-15/h1,3-6,9-11,16H,7-8,12-14H2/b11-3-. The molecule has 1 unspecified atom stereocenters. The fourth-order valence-corrected chi connectivity index (χ4v) is 2.42. The van der Waals surface area contributed by atoms with Gasteiger partial charge in [0.05, 0.1) is 0 Å². The van der Waals surface area contributed by atoms with E-state index >= 15 is 0 Å². The van der Waals surface area contributed by atoms with Crippen molar-refractivity contribution in [1.82, 2.24) is 4.90 Å². The first kappa shape index (κ1) is 12.0. The largest absolute Gasteiger partial charge is 0.293 e. The molecule has 1 atom stereocenters. The van der Waals surface area contributed by atoms with Gasteiger partial charge in [-0.2, -0.15) is 0 Å². The lowest BCUT2D eigenvalue weighted by Gasteiger charge is -2.33. The first-order valence-corrected chi connectivity index (χ1v) is 6.31. The van der Waals surface area contributed by atoms with Crippen molar-refractivity contribution in [2.45, 2.75) is 31.8 Å². The van der Waals surface area contributed by atoms with Crippen LogP contribution in [-0.2, 0) is 6.54 Å². The van der Waals surface area contributed by atoms with E-state index in [9.17, 15) is 0 Å². The average molecular weight is 225 g/mol. The highest BCUT2D eigenvalue weighted by Crippen LogP contribution is 2.20. The van der Waals surface area contributed by atoms with E-state index in [1.165, 1.54) is 31.4 Å². The van der Waals surface area contributed by atoms with E-state index in [1.807, 2.05) is 6.08 Å². The zero-order chi connectivity index (χ0) is 11.9. The monoisotopic (exact) mass is 225 g/mol. The van der Waals surface area contributed by atoms with Crippen LogP contribution in [0.2, 0.25) is 0 Å². The number of nitrogens with zero attached hydrogens (tertiary/aromatic N) is 1. The smallest absolute Gasteiger partial charge is 0.0290 e. The maximum atomic E-state index is 5.29. The summed E-state index contributed by atoms with van der Waals surface area (Å²) in [6, 6.07) is 11.2. The third kappa shape index (κ3) is 3.47. The summed E-state index contributed by atoms with van der Waals surface area (Å²) in [5.41, 5.74) is 1.38. The van der Waals surface area contributed by atoms with Crippen LogP contribution in [0.15, 0.2) is 42.5 Å². The number of likely N-dealkylation sites (tertiary alicyclic amines) is 1. The number of hydrogen-bond donors (Lipinski definition) is 0. The molecule has 0 bridgehead atoms. The van der Waals surface area contributed by atoms with Crippen LogP contribution in [0.4, 0.5) is 0 Å². The zero-order valence-electron chi connectivity index (χ0n) is 10.2. The molecule has 2 rings (SSSR count). The highest BCUT2D eigenvalue weighted by Gasteiger charge is 2.19. The van der Waals surface area contributed by atoms with Crippen molar-refractivity contribution < 1.29 is 0 Å². The van der Waals surface area contributed by atoms with Gasteiger partial charge in [0.2, 0.25) is 0 Å². The van der Waals surface area contributed by atoms with Crippen LogP contribution in [0.1, 0.15) is 24.8 Å². The molecule has 0 radical (unpaired) electrons. The highest BCUT2D eigenvalue weighted by atomic mass is 15.2. The van der Waals surface area contributed by atoms with E-state index in [1.54, 1.807) is 0 Å². The Balaban J connectivity index is 2.02. The van der Waals surface area contributed by atoms with E-state index in [0.29, 0.717) is 6.04 Å². The Morgan fingerprint density at radius 1 is 1.29 bits per heavy atom. The summed E-state index contributed by atoms with van der Waals surface area (Å²) in [6.45, 7) is 2.20. The summed E-state index contributed by atoms with van der Waals surface area (Å²) < 4.78 is 0. The topological polar surface area (TPSA) is 3.24 Å². The van der Waals surface area contributed by atoms with Crippen molar-refractivity contribution in [3.8, 4) is 12.3 Å². The summed E-state index contributed by atoms with van der Waals surface area (Å²) in [5.74, 6) is 2.59.